The van der Waals surface area contributed by atoms with E-state index in [-0.39, 0.29) is 17.5 Å². The Morgan fingerprint density at radius 1 is 1.12 bits per heavy atom. The van der Waals surface area contributed by atoms with E-state index in [0.29, 0.717) is 12.2 Å². The van der Waals surface area contributed by atoms with Crippen molar-refractivity contribution in [3.63, 3.8) is 0 Å². The van der Waals surface area contributed by atoms with Crippen molar-refractivity contribution in [2.24, 2.45) is 0 Å². The summed E-state index contributed by atoms with van der Waals surface area (Å²) in [6.45, 7) is 4.39. The molecule has 1 N–H and O–H groups in total. The molecule has 1 aliphatic carbocycles. The molecular weight excluding hydrogens is 412 g/mol. The van der Waals surface area contributed by atoms with Crippen LogP contribution in [0.4, 0.5) is 0 Å². The highest BCUT2D eigenvalue weighted by atomic mass is 16.5. The zero-order valence-electron chi connectivity index (χ0n) is 18.6. The molecule has 0 aliphatic heterocycles. The van der Waals surface area contributed by atoms with Gasteiger partial charge in [0.25, 0.3) is 5.91 Å². The van der Waals surface area contributed by atoms with E-state index in [1.807, 2.05) is 62.4 Å². The number of rotatable bonds is 7. The summed E-state index contributed by atoms with van der Waals surface area (Å²) in [5, 5.41) is 21.2. The molecule has 1 heterocycles. The molecule has 0 unspecified atom stereocenters. The largest absolute Gasteiger partial charge is 0.489 e. The lowest BCUT2D eigenvalue weighted by atomic mass is 10.1. The second-order valence-electron chi connectivity index (χ2n) is 8.17. The molecule has 33 heavy (non-hydrogen) atoms. The van der Waals surface area contributed by atoms with Crippen LogP contribution in [0.3, 0.4) is 0 Å². The molecule has 1 amide bonds. The van der Waals surface area contributed by atoms with Crippen LogP contribution in [0.15, 0.2) is 60.2 Å². The van der Waals surface area contributed by atoms with Gasteiger partial charge in [0.2, 0.25) is 0 Å². The minimum absolute atomic E-state index is 0.119. The maximum absolute atomic E-state index is 12.3. The summed E-state index contributed by atoms with van der Waals surface area (Å²) in [6.07, 6.45) is 3.61. The van der Waals surface area contributed by atoms with Crippen LogP contribution in [0.5, 0.6) is 5.75 Å². The maximum Gasteiger partial charge on any atom is 0.262 e. The molecule has 164 valence electrons. The number of ether oxygens (including phenoxy) is 1. The van der Waals surface area contributed by atoms with Crippen molar-refractivity contribution in [3.8, 4) is 23.6 Å². The first-order chi connectivity index (χ1) is 16.0. The van der Waals surface area contributed by atoms with Crippen molar-refractivity contribution in [3.05, 3.63) is 88.2 Å². The molecule has 0 saturated heterocycles. The van der Waals surface area contributed by atoms with Crippen LogP contribution in [-0.2, 0) is 11.4 Å². The number of benzene rings is 2. The fourth-order valence-corrected chi connectivity index (χ4v) is 3.66. The van der Waals surface area contributed by atoms with Gasteiger partial charge in [0.05, 0.1) is 11.6 Å². The molecule has 1 fully saturated rings. The van der Waals surface area contributed by atoms with Gasteiger partial charge in [0.1, 0.15) is 24.0 Å². The summed E-state index contributed by atoms with van der Waals surface area (Å²) in [5.74, 6) is 0.433. The van der Waals surface area contributed by atoms with E-state index in [9.17, 15) is 10.1 Å². The number of amides is 1. The first-order valence-electron chi connectivity index (χ1n) is 10.8. The van der Waals surface area contributed by atoms with Gasteiger partial charge in [-0.3, -0.25) is 4.79 Å². The molecule has 0 bridgehead atoms. The summed E-state index contributed by atoms with van der Waals surface area (Å²) in [4.78, 5) is 12.3. The van der Waals surface area contributed by atoms with Gasteiger partial charge < -0.3 is 14.6 Å². The lowest BCUT2D eigenvalue weighted by Crippen LogP contribution is -2.26. The van der Waals surface area contributed by atoms with Gasteiger partial charge >= 0.3 is 0 Å². The molecule has 0 spiro atoms. The number of carbonyl (C=O) groups is 1. The minimum atomic E-state index is -0.312. The first-order valence-corrected chi connectivity index (χ1v) is 10.8. The third-order valence-electron chi connectivity index (χ3n) is 5.63. The van der Waals surface area contributed by atoms with Gasteiger partial charge in [-0.1, -0.05) is 12.1 Å². The highest BCUT2D eigenvalue weighted by Crippen LogP contribution is 2.25. The van der Waals surface area contributed by atoms with E-state index in [1.54, 1.807) is 18.2 Å². The van der Waals surface area contributed by atoms with E-state index < -0.39 is 0 Å². The van der Waals surface area contributed by atoms with Gasteiger partial charge in [-0.2, -0.15) is 10.5 Å². The number of nitrogens with zero attached hydrogens (tertiary/aromatic N) is 3. The summed E-state index contributed by atoms with van der Waals surface area (Å²) >= 11 is 0. The third-order valence-corrected chi connectivity index (χ3v) is 5.63. The number of aryl methyl sites for hydroxylation is 1. The molecule has 4 rings (SSSR count). The summed E-state index contributed by atoms with van der Waals surface area (Å²) < 4.78 is 7.96. The normalized spacial score (nSPS) is 13.2. The fraction of sp³-hybridized carbons (Fsp3) is 0.222. The van der Waals surface area contributed by atoms with Crippen LogP contribution < -0.4 is 10.1 Å². The zero-order chi connectivity index (χ0) is 23.4. The average Bonchev–Trinajstić information content (AvgIpc) is 3.60. The van der Waals surface area contributed by atoms with Crippen LogP contribution >= 0.6 is 0 Å². The van der Waals surface area contributed by atoms with Crippen molar-refractivity contribution < 1.29 is 9.53 Å². The Hall–Kier alpha value is -4.29. The van der Waals surface area contributed by atoms with Gasteiger partial charge in [0.15, 0.2) is 0 Å². The van der Waals surface area contributed by atoms with Gasteiger partial charge in [0, 0.05) is 23.1 Å². The molecule has 1 saturated carbocycles. The molecular formula is C27H24N4O2. The molecule has 0 atom stereocenters. The first kappa shape index (κ1) is 21.9. The van der Waals surface area contributed by atoms with Crippen LogP contribution in [0.25, 0.3) is 11.8 Å². The Bertz CT molecular complexity index is 1280. The van der Waals surface area contributed by atoms with E-state index in [1.165, 1.54) is 0 Å². The van der Waals surface area contributed by atoms with E-state index >= 15 is 0 Å². The fourth-order valence-electron chi connectivity index (χ4n) is 3.66. The van der Waals surface area contributed by atoms with Gasteiger partial charge in [-0.25, -0.2) is 0 Å². The smallest absolute Gasteiger partial charge is 0.262 e. The number of nitriles is 2. The molecule has 6 heteroatoms. The van der Waals surface area contributed by atoms with Crippen LogP contribution in [-0.4, -0.2) is 16.5 Å². The highest BCUT2D eigenvalue weighted by Gasteiger charge is 2.25. The third kappa shape index (κ3) is 5.14. The number of hydrogen-bond acceptors (Lipinski definition) is 4. The van der Waals surface area contributed by atoms with Crippen molar-refractivity contribution >= 4 is 12.0 Å². The monoisotopic (exact) mass is 436 g/mol. The van der Waals surface area contributed by atoms with Crippen LogP contribution in [0, 0.1) is 36.5 Å². The summed E-state index contributed by atoms with van der Waals surface area (Å²) in [5.41, 5.74) is 5.50. The number of aromatic nitrogens is 1. The predicted molar refractivity (Wildman–Crippen MR) is 125 cm³/mol. The Morgan fingerprint density at radius 2 is 1.82 bits per heavy atom. The number of hydrogen-bond donors (Lipinski definition) is 1. The lowest BCUT2D eigenvalue weighted by molar-refractivity contribution is -0.117. The van der Waals surface area contributed by atoms with Gasteiger partial charge in [-0.15, -0.1) is 0 Å². The molecule has 2 aromatic carbocycles. The molecule has 3 aromatic rings. The molecule has 1 aromatic heterocycles. The van der Waals surface area contributed by atoms with E-state index in [0.717, 1.165) is 46.8 Å². The highest BCUT2D eigenvalue weighted by molar-refractivity contribution is 6.02. The molecule has 1 aliphatic rings. The maximum atomic E-state index is 12.3. The average molecular weight is 437 g/mol. The van der Waals surface area contributed by atoms with Crippen molar-refractivity contribution in [2.75, 3.05) is 0 Å². The predicted octanol–water partition coefficient (Wildman–Crippen LogP) is 4.73. The van der Waals surface area contributed by atoms with Gasteiger partial charge in [-0.05, 0) is 86.4 Å². The quantitative estimate of drug-likeness (QED) is 0.428. The molecule has 0 radical (unpaired) electrons. The topological polar surface area (TPSA) is 90.8 Å². The Morgan fingerprint density at radius 3 is 2.42 bits per heavy atom. The Balaban J connectivity index is 1.49. The number of carbonyl (C=O) groups excluding carboxylic acids is 1. The summed E-state index contributed by atoms with van der Waals surface area (Å²) in [7, 11) is 0. The van der Waals surface area contributed by atoms with E-state index in [4.69, 9.17) is 10.00 Å². The van der Waals surface area contributed by atoms with Crippen molar-refractivity contribution in [1.29, 1.82) is 10.5 Å². The molecule has 6 nitrogen and oxygen atoms in total. The van der Waals surface area contributed by atoms with Crippen molar-refractivity contribution in [1.82, 2.24) is 9.88 Å². The Labute approximate surface area is 193 Å². The SMILES string of the molecule is Cc1cc(/C=C(\C#N)C(=O)NC2CC2)c(C)n1-c1ccc(OCc2ccc(C#N)cc2)cc1. The Kier molecular flexibility index (Phi) is 6.29. The number of nitrogens with one attached hydrogen (secondary N) is 1. The minimum Gasteiger partial charge on any atom is -0.489 e. The second-order valence-corrected chi connectivity index (χ2v) is 8.17. The standard InChI is InChI=1S/C27H24N4O2/c1-18-13-22(14-23(16-29)27(32)30-24-7-8-24)19(2)31(18)25-9-11-26(12-10-25)33-17-21-5-3-20(15-28)4-6-21/h3-6,9-14,24H,7-8,17H2,1-2H3,(H,30,32)/b23-14+. The van der Waals surface area contributed by atoms with Crippen LogP contribution in [0.1, 0.15) is 40.9 Å². The zero-order valence-corrected chi connectivity index (χ0v) is 18.6. The van der Waals surface area contributed by atoms with Crippen LogP contribution in [0.2, 0.25) is 0 Å². The van der Waals surface area contributed by atoms with Crippen molar-refractivity contribution in [2.45, 2.75) is 39.3 Å². The lowest BCUT2D eigenvalue weighted by Gasteiger charge is -2.12. The van der Waals surface area contributed by atoms with E-state index in [2.05, 4.69) is 16.0 Å². The second kappa shape index (κ2) is 9.46. The summed E-state index contributed by atoms with van der Waals surface area (Å²) in [6, 6.07) is 21.4.